The average molecular weight is 449 g/mol. The van der Waals surface area contributed by atoms with E-state index in [2.05, 4.69) is 5.32 Å². The van der Waals surface area contributed by atoms with E-state index in [-0.39, 0.29) is 23.5 Å². The predicted octanol–water partition coefficient (Wildman–Crippen LogP) is 3.69. The fraction of sp³-hybridized carbons (Fsp3) is 0.364. The van der Waals surface area contributed by atoms with Crippen LogP contribution in [-0.4, -0.2) is 41.3 Å². The fourth-order valence-corrected chi connectivity index (χ4v) is 4.33. The van der Waals surface area contributed by atoms with Crippen LogP contribution in [0.2, 0.25) is 0 Å². The number of anilines is 2. The molecule has 4 rings (SSSR count). The van der Waals surface area contributed by atoms with Gasteiger partial charge in [0.05, 0.1) is 11.5 Å². The number of nitrogens with two attached hydrogens (primary N) is 1. The van der Waals surface area contributed by atoms with Crippen LogP contribution in [0.1, 0.15) is 23.1 Å². The monoisotopic (exact) mass is 449 g/mol. The molecule has 6 nitrogen and oxygen atoms in total. The number of likely N-dealkylation sites (tertiary alicyclic amines) is 1. The molecule has 1 saturated heterocycles. The van der Waals surface area contributed by atoms with E-state index in [0.29, 0.717) is 44.7 Å². The molecule has 0 spiro atoms. The Morgan fingerprint density at radius 1 is 1.16 bits per heavy atom. The van der Waals surface area contributed by atoms with Gasteiger partial charge in [0.15, 0.2) is 5.96 Å². The number of halogens is 4. The molecule has 1 amide bonds. The van der Waals surface area contributed by atoms with E-state index in [1.54, 1.807) is 21.9 Å². The van der Waals surface area contributed by atoms with Crippen molar-refractivity contribution in [3.05, 3.63) is 58.9 Å². The van der Waals surface area contributed by atoms with Crippen molar-refractivity contribution in [3.8, 4) is 0 Å². The Kier molecular flexibility index (Phi) is 5.70. The molecular weight excluding hydrogens is 426 g/mol. The van der Waals surface area contributed by atoms with E-state index in [0.717, 1.165) is 23.3 Å². The molecule has 1 fully saturated rings. The van der Waals surface area contributed by atoms with Gasteiger partial charge in [-0.25, -0.2) is 4.39 Å². The number of amides is 1. The Labute approximate surface area is 182 Å². The molecule has 0 saturated carbocycles. The SMILES string of the molecule is N=C(N)N1CCC(C(=O)N2CCc3c(cccc3Nc3ccc(C(F)(F)F)c(F)c3)C2)C1. The predicted molar refractivity (Wildman–Crippen MR) is 112 cm³/mol. The maximum atomic E-state index is 13.9. The van der Waals surface area contributed by atoms with Crippen LogP contribution in [0, 0.1) is 17.1 Å². The lowest BCUT2D eigenvalue weighted by atomic mass is 9.96. The molecule has 0 aliphatic carbocycles. The van der Waals surface area contributed by atoms with Crippen LogP contribution in [0.15, 0.2) is 36.4 Å². The second kappa shape index (κ2) is 8.33. The van der Waals surface area contributed by atoms with Crippen molar-refractivity contribution in [2.75, 3.05) is 25.0 Å². The third-order valence-electron chi connectivity index (χ3n) is 6.01. The summed E-state index contributed by atoms with van der Waals surface area (Å²) in [6.07, 6.45) is -3.52. The zero-order valence-electron chi connectivity index (χ0n) is 17.2. The van der Waals surface area contributed by atoms with Gasteiger partial charge in [0.25, 0.3) is 0 Å². The quantitative estimate of drug-likeness (QED) is 0.379. The van der Waals surface area contributed by atoms with Crippen molar-refractivity contribution in [3.63, 3.8) is 0 Å². The van der Waals surface area contributed by atoms with Crippen molar-refractivity contribution < 1.29 is 22.4 Å². The zero-order chi connectivity index (χ0) is 23.0. The third-order valence-corrected chi connectivity index (χ3v) is 6.01. The highest BCUT2D eigenvalue weighted by Crippen LogP contribution is 2.34. The van der Waals surface area contributed by atoms with Gasteiger partial charge in [-0.05, 0) is 48.2 Å². The van der Waals surface area contributed by atoms with Crippen LogP contribution in [0.3, 0.4) is 0 Å². The minimum absolute atomic E-state index is 0.0280. The molecule has 0 aromatic heterocycles. The molecule has 1 unspecified atom stereocenters. The largest absolute Gasteiger partial charge is 0.419 e. The molecular formula is C22H23F4N5O. The van der Waals surface area contributed by atoms with Gasteiger partial charge in [-0.2, -0.15) is 13.2 Å². The van der Waals surface area contributed by atoms with Gasteiger partial charge < -0.3 is 20.9 Å². The molecule has 2 aliphatic heterocycles. The summed E-state index contributed by atoms with van der Waals surface area (Å²) in [5.74, 6) is -1.53. The van der Waals surface area contributed by atoms with Crippen LogP contribution in [0.5, 0.6) is 0 Å². The van der Waals surface area contributed by atoms with Gasteiger partial charge in [-0.1, -0.05) is 12.1 Å². The Morgan fingerprint density at radius 2 is 1.94 bits per heavy atom. The van der Waals surface area contributed by atoms with Crippen LogP contribution in [-0.2, 0) is 23.9 Å². The van der Waals surface area contributed by atoms with Gasteiger partial charge in [0.2, 0.25) is 5.91 Å². The third kappa shape index (κ3) is 4.35. The van der Waals surface area contributed by atoms with Gasteiger partial charge in [0, 0.05) is 37.6 Å². The molecule has 10 heteroatoms. The number of benzene rings is 2. The number of rotatable bonds is 3. The van der Waals surface area contributed by atoms with Crippen molar-refractivity contribution in [1.29, 1.82) is 5.41 Å². The van der Waals surface area contributed by atoms with E-state index < -0.39 is 17.6 Å². The standard InChI is InChI=1S/C22H23F4N5O/c23-18-10-15(4-5-17(18)22(24,25)26)29-19-3-1-2-13-11-30(9-7-16(13)19)20(32)14-6-8-31(12-14)21(27)28/h1-5,10,14,29H,6-9,11-12H2,(H3,27,28). The number of carbonyl (C=O) groups is 1. The van der Waals surface area contributed by atoms with Crippen molar-refractivity contribution in [2.24, 2.45) is 11.7 Å². The highest BCUT2D eigenvalue weighted by atomic mass is 19.4. The Bertz CT molecular complexity index is 1060. The summed E-state index contributed by atoms with van der Waals surface area (Å²) in [4.78, 5) is 16.4. The van der Waals surface area contributed by atoms with Gasteiger partial charge in [-0.3, -0.25) is 10.2 Å². The first-order valence-electron chi connectivity index (χ1n) is 10.3. The molecule has 0 bridgehead atoms. The Morgan fingerprint density at radius 3 is 2.59 bits per heavy atom. The van der Waals surface area contributed by atoms with Gasteiger partial charge >= 0.3 is 6.18 Å². The molecule has 2 heterocycles. The molecule has 2 aliphatic rings. The Balaban J connectivity index is 1.48. The highest BCUT2D eigenvalue weighted by Gasteiger charge is 2.35. The van der Waals surface area contributed by atoms with Crippen molar-refractivity contribution >= 4 is 23.2 Å². The summed E-state index contributed by atoms with van der Waals surface area (Å²) in [6, 6.07) is 8.24. The van der Waals surface area contributed by atoms with Crippen molar-refractivity contribution in [2.45, 2.75) is 25.6 Å². The second-order valence-electron chi connectivity index (χ2n) is 8.09. The summed E-state index contributed by atoms with van der Waals surface area (Å²) >= 11 is 0. The number of fused-ring (bicyclic) bond motifs is 1. The summed E-state index contributed by atoms with van der Waals surface area (Å²) in [6.45, 7) is 1.95. The zero-order valence-corrected chi connectivity index (χ0v) is 17.2. The van der Waals surface area contributed by atoms with E-state index in [4.69, 9.17) is 11.1 Å². The first kappa shape index (κ1) is 21.9. The lowest BCUT2D eigenvalue weighted by Crippen LogP contribution is -2.41. The smallest absolute Gasteiger partial charge is 0.370 e. The molecule has 0 radical (unpaired) electrons. The lowest BCUT2D eigenvalue weighted by Gasteiger charge is -2.32. The molecule has 170 valence electrons. The first-order chi connectivity index (χ1) is 15.1. The van der Waals surface area contributed by atoms with Gasteiger partial charge in [0.1, 0.15) is 5.82 Å². The lowest BCUT2D eigenvalue weighted by molar-refractivity contribution is -0.140. The Hall–Kier alpha value is -3.30. The van der Waals surface area contributed by atoms with Gasteiger partial charge in [-0.15, -0.1) is 0 Å². The van der Waals surface area contributed by atoms with E-state index in [1.165, 1.54) is 6.07 Å². The molecule has 2 aromatic carbocycles. The molecule has 32 heavy (non-hydrogen) atoms. The van der Waals surface area contributed by atoms with Crippen LogP contribution >= 0.6 is 0 Å². The van der Waals surface area contributed by atoms with Crippen LogP contribution in [0.25, 0.3) is 0 Å². The minimum atomic E-state index is -4.74. The number of nitrogens with zero attached hydrogens (tertiary/aromatic N) is 2. The number of guanidine groups is 1. The van der Waals surface area contributed by atoms with Crippen LogP contribution in [0.4, 0.5) is 28.9 Å². The minimum Gasteiger partial charge on any atom is -0.370 e. The average Bonchev–Trinajstić information content (AvgIpc) is 3.23. The highest BCUT2D eigenvalue weighted by molar-refractivity contribution is 5.82. The number of hydrogen-bond donors (Lipinski definition) is 3. The topological polar surface area (TPSA) is 85.5 Å². The maximum absolute atomic E-state index is 13.9. The first-order valence-corrected chi connectivity index (χ1v) is 10.3. The number of hydrogen-bond acceptors (Lipinski definition) is 3. The fourth-order valence-electron chi connectivity index (χ4n) is 4.33. The van der Waals surface area contributed by atoms with E-state index in [9.17, 15) is 22.4 Å². The molecule has 2 aromatic rings. The number of nitrogens with one attached hydrogen (secondary N) is 2. The summed E-state index contributed by atoms with van der Waals surface area (Å²) in [5, 5.41) is 10.5. The second-order valence-corrected chi connectivity index (χ2v) is 8.09. The summed E-state index contributed by atoms with van der Waals surface area (Å²) in [7, 11) is 0. The summed E-state index contributed by atoms with van der Waals surface area (Å²) < 4.78 is 52.3. The summed E-state index contributed by atoms with van der Waals surface area (Å²) in [5.41, 5.74) is 7.00. The van der Waals surface area contributed by atoms with Crippen molar-refractivity contribution in [1.82, 2.24) is 9.80 Å². The number of alkyl halides is 3. The van der Waals surface area contributed by atoms with E-state index >= 15 is 0 Å². The molecule has 4 N–H and O–H groups in total. The normalized spacial score (nSPS) is 18.4. The number of carbonyl (C=O) groups excluding carboxylic acids is 1. The maximum Gasteiger partial charge on any atom is 0.419 e. The van der Waals surface area contributed by atoms with E-state index in [1.807, 2.05) is 6.07 Å². The molecule has 1 atom stereocenters. The van der Waals surface area contributed by atoms with Crippen LogP contribution < -0.4 is 11.1 Å².